The highest BCUT2D eigenvalue weighted by Crippen LogP contribution is 2.38. The molecule has 7 heteroatoms. The van der Waals surface area contributed by atoms with E-state index in [0.29, 0.717) is 19.1 Å². The summed E-state index contributed by atoms with van der Waals surface area (Å²) >= 11 is 0. The van der Waals surface area contributed by atoms with Gasteiger partial charge in [-0.25, -0.2) is 4.79 Å². The van der Waals surface area contributed by atoms with Crippen molar-refractivity contribution in [2.45, 2.75) is 44.6 Å². The third-order valence-electron chi connectivity index (χ3n) is 5.07. The highest BCUT2D eigenvalue weighted by molar-refractivity contribution is 5.74. The maximum absolute atomic E-state index is 12.1. The van der Waals surface area contributed by atoms with E-state index in [2.05, 4.69) is 10.6 Å². The Morgan fingerprint density at radius 3 is 2.67 bits per heavy atom. The number of likely N-dealkylation sites (tertiary alicyclic amines) is 1. The zero-order chi connectivity index (χ0) is 17.4. The maximum Gasteiger partial charge on any atom is 0.317 e. The summed E-state index contributed by atoms with van der Waals surface area (Å²) in [6.07, 6.45) is 4.88. The number of hydrogen-bond acceptors (Lipinski definition) is 4. The van der Waals surface area contributed by atoms with Crippen molar-refractivity contribution in [1.82, 2.24) is 15.5 Å². The van der Waals surface area contributed by atoms with Gasteiger partial charge in [0.1, 0.15) is 0 Å². The summed E-state index contributed by atoms with van der Waals surface area (Å²) in [5.74, 6) is 0.622. The fourth-order valence-electron chi connectivity index (χ4n) is 3.67. The molecule has 2 aliphatic rings. The number of nitrogens with one attached hydrogen (secondary N) is 2. The second kappa shape index (κ2) is 9.22. The van der Waals surface area contributed by atoms with Gasteiger partial charge < -0.3 is 25.0 Å². The molecule has 24 heavy (non-hydrogen) atoms. The first-order chi connectivity index (χ1) is 11.5. The van der Waals surface area contributed by atoms with E-state index < -0.39 is 0 Å². The lowest BCUT2D eigenvalue weighted by atomic mass is 9.78. The standard InChI is InChI=1S/C17H31N3O4/c1-14(21)18-7-3-15-4-11-24-17(13-15)5-9-20(10-6-17)16(22)19-8-12-23-2/h15H,3-13H2,1-2H3,(H,18,21)(H,19,22). The number of amides is 3. The second-order valence-corrected chi connectivity index (χ2v) is 6.87. The lowest BCUT2D eigenvalue weighted by molar-refractivity contribution is -0.124. The van der Waals surface area contributed by atoms with E-state index in [1.54, 1.807) is 14.0 Å². The average Bonchev–Trinajstić information content (AvgIpc) is 2.55. The number of rotatable bonds is 6. The van der Waals surface area contributed by atoms with Crippen molar-refractivity contribution >= 4 is 11.9 Å². The molecule has 0 bridgehead atoms. The largest absolute Gasteiger partial charge is 0.383 e. The van der Waals surface area contributed by atoms with Gasteiger partial charge in [-0.3, -0.25) is 4.79 Å². The molecule has 0 aliphatic carbocycles. The normalized spacial score (nSPS) is 23.1. The minimum atomic E-state index is -0.0809. The molecule has 2 aliphatic heterocycles. The van der Waals surface area contributed by atoms with E-state index in [1.165, 1.54) is 0 Å². The molecule has 0 radical (unpaired) electrons. The number of ether oxygens (including phenoxy) is 2. The summed E-state index contributed by atoms with van der Waals surface area (Å²) < 4.78 is 11.1. The fraction of sp³-hybridized carbons (Fsp3) is 0.882. The molecule has 0 saturated carbocycles. The molecule has 2 saturated heterocycles. The van der Waals surface area contributed by atoms with Gasteiger partial charge >= 0.3 is 6.03 Å². The van der Waals surface area contributed by atoms with Gasteiger partial charge in [0.05, 0.1) is 12.2 Å². The Morgan fingerprint density at radius 2 is 2.00 bits per heavy atom. The van der Waals surface area contributed by atoms with Crippen LogP contribution in [0.1, 0.15) is 39.0 Å². The van der Waals surface area contributed by atoms with Crippen molar-refractivity contribution in [3.8, 4) is 0 Å². The van der Waals surface area contributed by atoms with Gasteiger partial charge in [-0.2, -0.15) is 0 Å². The number of nitrogens with zero attached hydrogens (tertiary/aromatic N) is 1. The van der Waals surface area contributed by atoms with Crippen LogP contribution in [0.15, 0.2) is 0 Å². The minimum absolute atomic E-state index is 0.0140. The molecular weight excluding hydrogens is 310 g/mol. The van der Waals surface area contributed by atoms with Gasteiger partial charge in [0, 0.05) is 46.8 Å². The Bertz CT molecular complexity index is 422. The first-order valence-electron chi connectivity index (χ1n) is 8.95. The van der Waals surface area contributed by atoms with E-state index in [0.717, 1.165) is 58.3 Å². The zero-order valence-electron chi connectivity index (χ0n) is 14.9. The Morgan fingerprint density at radius 1 is 1.25 bits per heavy atom. The summed E-state index contributed by atoms with van der Waals surface area (Å²) in [6, 6.07) is -0.0140. The van der Waals surface area contributed by atoms with Crippen LogP contribution < -0.4 is 10.6 Å². The summed E-state index contributed by atoms with van der Waals surface area (Å²) in [5, 5.41) is 5.75. The first-order valence-corrected chi connectivity index (χ1v) is 8.95. The van der Waals surface area contributed by atoms with E-state index in [4.69, 9.17) is 9.47 Å². The van der Waals surface area contributed by atoms with Crippen molar-refractivity contribution in [3.05, 3.63) is 0 Å². The van der Waals surface area contributed by atoms with Crippen LogP contribution >= 0.6 is 0 Å². The molecule has 1 atom stereocenters. The van der Waals surface area contributed by atoms with Crippen LogP contribution in [-0.2, 0) is 14.3 Å². The Labute approximate surface area is 144 Å². The van der Waals surface area contributed by atoms with E-state index in [-0.39, 0.29) is 17.5 Å². The Balaban J connectivity index is 1.74. The lowest BCUT2D eigenvalue weighted by Gasteiger charge is -2.46. The van der Waals surface area contributed by atoms with Gasteiger partial charge in [0.15, 0.2) is 0 Å². The molecule has 3 amide bonds. The lowest BCUT2D eigenvalue weighted by Crippen LogP contribution is -2.53. The van der Waals surface area contributed by atoms with Crippen LogP contribution in [0.25, 0.3) is 0 Å². The summed E-state index contributed by atoms with van der Waals surface area (Å²) in [7, 11) is 1.62. The van der Waals surface area contributed by atoms with Crippen molar-refractivity contribution in [1.29, 1.82) is 0 Å². The zero-order valence-corrected chi connectivity index (χ0v) is 14.9. The van der Waals surface area contributed by atoms with Gasteiger partial charge in [-0.15, -0.1) is 0 Å². The van der Waals surface area contributed by atoms with Crippen molar-refractivity contribution in [3.63, 3.8) is 0 Å². The molecule has 7 nitrogen and oxygen atoms in total. The van der Waals surface area contributed by atoms with Crippen molar-refractivity contribution in [2.24, 2.45) is 5.92 Å². The first kappa shape index (κ1) is 19.0. The van der Waals surface area contributed by atoms with Gasteiger partial charge in [0.2, 0.25) is 5.91 Å². The minimum Gasteiger partial charge on any atom is -0.383 e. The van der Waals surface area contributed by atoms with Crippen molar-refractivity contribution in [2.75, 3.05) is 46.5 Å². The summed E-state index contributed by atoms with van der Waals surface area (Å²) in [4.78, 5) is 24.9. The van der Waals surface area contributed by atoms with Gasteiger partial charge in [0.25, 0.3) is 0 Å². The molecule has 0 aromatic rings. The number of carbonyl (C=O) groups is 2. The van der Waals surface area contributed by atoms with Crippen LogP contribution in [0.2, 0.25) is 0 Å². The average molecular weight is 341 g/mol. The Hall–Kier alpha value is -1.34. The van der Waals surface area contributed by atoms with E-state index in [9.17, 15) is 9.59 Å². The van der Waals surface area contributed by atoms with Crippen molar-refractivity contribution < 1.29 is 19.1 Å². The number of urea groups is 1. The fourth-order valence-corrected chi connectivity index (χ4v) is 3.67. The number of methoxy groups -OCH3 is 1. The molecule has 2 fully saturated rings. The van der Waals surface area contributed by atoms with Gasteiger partial charge in [-0.1, -0.05) is 0 Å². The second-order valence-electron chi connectivity index (χ2n) is 6.87. The molecule has 0 aromatic carbocycles. The van der Waals surface area contributed by atoms with E-state index >= 15 is 0 Å². The van der Waals surface area contributed by atoms with E-state index in [1.807, 2.05) is 4.90 Å². The molecular formula is C17H31N3O4. The molecule has 0 aromatic heterocycles. The molecule has 138 valence electrons. The molecule has 1 unspecified atom stereocenters. The third-order valence-corrected chi connectivity index (χ3v) is 5.07. The summed E-state index contributed by atoms with van der Waals surface area (Å²) in [6.45, 7) is 5.61. The third kappa shape index (κ3) is 5.63. The smallest absolute Gasteiger partial charge is 0.317 e. The Kier molecular flexibility index (Phi) is 7.30. The highest BCUT2D eigenvalue weighted by Gasteiger charge is 2.40. The summed E-state index contributed by atoms with van der Waals surface area (Å²) in [5.41, 5.74) is -0.0809. The predicted molar refractivity (Wildman–Crippen MR) is 90.8 cm³/mol. The monoisotopic (exact) mass is 341 g/mol. The topological polar surface area (TPSA) is 79.9 Å². The quantitative estimate of drug-likeness (QED) is 0.710. The SMILES string of the molecule is COCCNC(=O)N1CCC2(CC1)CC(CCNC(C)=O)CCO2. The number of hydrogen-bond donors (Lipinski definition) is 2. The van der Waals surface area contributed by atoms with Crippen LogP contribution in [0, 0.1) is 5.92 Å². The predicted octanol–water partition coefficient (Wildman–Crippen LogP) is 1.13. The molecule has 2 heterocycles. The molecule has 2 rings (SSSR count). The molecule has 2 N–H and O–H groups in total. The highest BCUT2D eigenvalue weighted by atomic mass is 16.5. The molecule has 1 spiro atoms. The number of carbonyl (C=O) groups excluding carboxylic acids is 2. The van der Waals surface area contributed by atoms with Crippen LogP contribution in [0.3, 0.4) is 0 Å². The van der Waals surface area contributed by atoms with Gasteiger partial charge in [-0.05, 0) is 38.0 Å². The van der Waals surface area contributed by atoms with Crippen LogP contribution in [0.4, 0.5) is 4.79 Å². The van der Waals surface area contributed by atoms with Crippen LogP contribution in [0.5, 0.6) is 0 Å². The maximum atomic E-state index is 12.1. The van der Waals surface area contributed by atoms with Crippen LogP contribution in [-0.4, -0.2) is 68.9 Å². The number of piperidine rings is 1.